The molecule has 1 aromatic rings. The summed E-state index contributed by atoms with van der Waals surface area (Å²) in [7, 11) is 0. The Labute approximate surface area is 102 Å². The Morgan fingerprint density at radius 1 is 1.44 bits per heavy atom. The molecule has 0 bridgehead atoms. The molecule has 0 aromatic carbocycles. The van der Waals surface area contributed by atoms with Crippen LogP contribution in [0.15, 0.2) is 0 Å². The molecule has 1 fully saturated rings. The molecule has 16 heavy (non-hydrogen) atoms. The Morgan fingerprint density at radius 2 is 2.25 bits per heavy atom. The van der Waals surface area contributed by atoms with Gasteiger partial charge in [-0.25, -0.2) is 4.98 Å². The largest absolute Gasteiger partial charge is 0.309 e. The van der Waals surface area contributed by atoms with Crippen molar-refractivity contribution in [1.82, 2.24) is 10.3 Å². The minimum Gasteiger partial charge on any atom is -0.309 e. The number of nitrogens with zero attached hydrogens (tertiary/aromatic N) is 1. The second-order valence-electron chi connectivity index (χ2n) is 5.16. The van der Waals surface area contributed by atoms with Gasteiger partial charge in [0.25, 0.3) is 0 Å². The molecule has 1 N–H and O–H groups in total. The van der Waals surface area contributed by atoms with Crippen molar-refractivity contribution < 1.29 is 0 Å². The van der Waals surface area contributed by atoms with Gasteiger partial charge in [-0.1, -0.05) is 20.3 Å². The average Bonchev–Trinajstić information content (AvgIpc) is 2.60. The summed E-state index contributed by atoms with van der Waals surface area (Å²) in [5.74, 6) is 0.706. The van der Waals surface area contributed by atoms with Crippen LogP contribution in [0.5, 0.6) is 0 Å². The molecule has 2 heterocycles. The topological polar surface area (TPSA) is 24.9 Å². The van der Waals surface area contributed by atoms with Crippen molar-refractivity contribution in [2.45, 2.75) is 52.5 Å². The highest BCUT2D eigenvalue weighted by Gasteiger charge is 2.20. The number of nitrogens with one attached hydrogen (secondary N) is 1. The highest BCUT2D eigenvalue weighted by molar-refractivity contribution is 7.11. The van der Waals surface area contributed by atoms with Crippen molar-refractivity contribution in [3.05, 3.63) is 15.6 Å². The van der Waals surface area contributed by atoms with Crippen molar-refractivity contribution in [1.29, 1.82) is 0 Å². The minimum atomic E-state index is 0.576. The van der Waals surface area contributed by atoms with Crippen LogP contribution in [-0.4, -0.2) is 11.5 Å². The summed E-state index contributed by atoms with van der Waals surface area (Å²) in [5.41, 5.74) is 1.25. The van der Waals surface area contributed by atoms with E-state index < -0.39 is 0 Å². The van der Waals surface area contributed by atoms with Crippen molar-refractivity contribution in [3.8, 4) is 0 Å². The van der Waals surface area contributed by atoms with Crippen LogP contribution in [0.1, 0.15) is 54.7 Å². The minimum absolute atomic E-state index is 0.576. The standard InChI is InChI=1S/C13H22N2S/c1-9(2)8-12-15-10(3)13(16-12)11-6-4-5-7-14-11/h9,11,14H,4-8H2,1-3H3. The number of hydrogen-bond donors (Lipinski definition) is 1. The van der Waals surface area contributed by atoms with E-state index in [-0.39, 0.29) is 0 Å². The van der Waals surface area contributed by atoms with E-state index in [1.54, 1.807) is 0 Å². The monoisotopic (exact) mass is 238 g/mol. The first-order chi connectivity index (χ1) is 7.66. The highest BCUT2D eigenvalue weighted by atomic mass is 32.1. The van der Waals surface area contributed by atoms with Crippen LogP contribution in [0.3, 0.4) is 0 Å². The maximum absolute atomic E-state index is 4.70. The molecule has 2 rings (SSSR count). The second-order valence-corrected chi connectivity index (χ2v) is 6.27. The van der Waals surface area contributed by atoms with Gasteiger partial charge in [0.05, 0.1) is 10.7 Å². The van der Waals surface area contributed by atoms with Crippen LogP contribution in [0.4, 0.5) is 0 Å². The summed E-state index contributed by atoms with van der Waals surface area (Å²) in [6.45, 7) is 7.85. The average molecular weight is 238 g/mol. The molecular weight excluding hydrogens is 216 g/mol. The van der Waals surface area contributed by atoms with E-state index in [4.69, 9.17) is 4.98 Å². The SMILES string of the molecule is Cc1nc(CC(C)C)sc1C1CCCCN1. The fourth-order valence-electron chi connectivity index (χ4n) is 2.30. The first-order valence-electron chi connectivity index (χ1n) is 6.36. The van der Waals surface area contributed by atoms with Crippen molar-refractivity contribution in [2.24, 2.45) is 5.92 Å². The Morgan fingerprint density at radius 3 is 2.88 bits per heavy atom. The first kappa shape index (κ1) is 12.1. The summed E-state index contributed by atoms with van der Waals surface area (Å²) < 4.78 is 0. The van der Waals surface area contributed by atoms with Crippen LogP contribution in [0.25, 0.3) is 0 Å². The molecule has 3 heteroatoms. The fourth-order valence-corrected chi connectivity index (χ4v) is 3.69. The maximum atomic E-state index is 4.70. The molecule has 1 aliphatic heterocycles. The van der Waals surface area contributed by atoms with E-state index in [1.165, 1.54) is 41.4 Å². The van der Waals surface area contributed by atoms with Gasteiger partial charge >= 0.3 is 0 Å². The zero-order chi connectivity index (χ0) is 11.5. The lowest BCUT2D eigenvalue weighted by molar-refractivity contribution is 0.415. The summed E-state index contributed by atoms with van der Waals surface area (Å²) in [5, 5.41) is 4.93. The number of hydrogen-bond acceptors (Lipinski definition) is 3. The van der Waals surface area contributed by atoms with Gasteiger partial charge in [-0.3, -0.25) is 0 Å². The molecule has 0 amide bonds. The molecule has 1 atom stereocenters. The van der Waals surface area contributed by atoms with E-state index in [9.17, 15) is 0 Å². The second kappa shape index (κ2) is 5.28. The predicted molar refractivity (Wildman–Crippen MR) is 70.0 cm³/mol. The Hall–Kier alpha value is -0.410. The van der Waals surface area contributed by atoms with Gasteiger partial charge in [-0.2, -0.15) is 0 Å². The van der Waals surface area contributed by atoms with Gasteiger partial charge in [0.1, 0.15) is 0 Å². The molecule has 0 aliphatic carbocycles. The Kier molecular flexibility index (Phi) is 3.98. The fraction of sp³-hybridized carbons (Fsp3) is 0.769. The maximum Gasteiger partial charge on any atom is 0.0934 e. The van der Waals surface area contributed by atoms with Crippen LogP contribution in [0.2, 0.25) is 0 Å². The third-order valence-corrected chi connectivity index (χ3v) is 4.38. The molecule has 1 unspecified atom stereocenters. The molecule has 1 aliphatic rings. The van der Waals surface area contributed by atoms with Gasteiger partial charge < -0.3 is 5.32 Å². The zero-order valence-electron chi connectivity index (χ0n) is 10.5. The van der Waals surface area contributed by atoms with E-state index in [1.807, 2.05) is 11.3 Å². The Bertz CT molecular complexity index is 338. The summed E-state index contributed by atoms with van der Waals surface area (Å²) in [6, 6.07) is 0.576. The van der Waals surface area contributed by atoms with Gasteiger partial charge in [-0.15, -0.1) is 11.3 Å². The zero-order valence-corrected chi connectivity index (χ0v) is 11.4. The molecule has 2 nitrogen and oxygen atoms in total. The smallest absolute Gasteiger partial charge is 0.0934 e. The van der Waals surface area contributed by atoms with Gasteiger partial charge in [-0.05, 0) is 32.2 Å². The first-order valence-corrected chi connectivity index (χ1v) is 7.18. The van der Waals surface area contributed by atoms with E-state index in [0.29, 0.717) is 12.0 Å². The molecule has 0 saturated carbocycles. The van der Waals surface area contributed by atoms with E-state index in [2.05, 4.69) is 26.1 Å². The van der Waals surface area contributed by atoms with Crippen LogP contribution >= 0.6 is 11.3 Å². The van der Waals surface area contributed by atoms with Crippen molar-refractivity contribution in [2.75, 3.05) is 6.54 Å². The molecule has 90 valence electrons. The van der Waals surface area contributed by atoms with Crippen LogP contribution < -0.4 is 5.32 Å². The van der Waals surface area contributed by atoms with Crippen molar-refractivity contribution >= 4 is 11.3 Å². The number of aromatic nitrogens is 1. The van der Waals surface area contributed by atoms with Gasteiger partial charge in [0.15, 0.2) is 0 Å². The molecule has 0 radical (unpaired) electrons. The highest BCUT2D eigenvalue weighted by Crippen LogP contribution is 2.31. The Balaban J connectivity index is 2.10. The number of thiazole rings is 1. The molecule has 1 aromatic heterocycles. The lowest BCUT2D eigenvalue weighted by atomic mass is 10.0. The third kappa shape index (κ3) is 2.83. The van der Waals surface area contributed by atoms with E-state index in [0.717, 1.165) is 6.42 Å². The molecular formula is C13H22N2S. The third-order valence-electron chi connectivity index (χ3n) is 3.09. The summed E-state index contributed by atoms with van der Waals surface area (Å²) in [4.78, 5) is 6.19. The lowest BCUT2D eigenvalue weighted by Gasteiger charge is -2.22. The summed E-state index contributed by atoms with van der Waals surface area (Å²) >= 11 is 1.92. The summed E-state index contributed by atoms with van der Waals surface area (Å²) in [6.07, 6.45) is 5.09. The van der Waals surface area contributed by atoms with E-state index >= 15 is 0 Å². The number of aryl methyl sites for hydroxylation is 1. The van der Waals surface area contributed by atoms with Gasteiger partial charge in [0, 0.05) is 17.3 Å². The number of piperidine rings is 1. The number of rotatable bonds is 3. The lowest BCUT2D eigenvalue weighted by Crippen LogP contribution is -2.26. The quantitative estimate of drug-likeness (QED) is 0.872. The van der Waals surface area contributed by atoms with Crippen molar-refractivity contribution in [3.63, 3.8) is 0 Å². The van der Waals surface area contributed by atoms with Crippen LogP contribution in [-0.2, 0) is 6.42 Å². The molecule has 0 spiro atoms. The molecule has 1 saturated heterocycles. The predicted octanol–water partition coefficient (Wildman–Crippen LogP) is 3.46. The van der Waals surface area contributed by atoms with Gasteiger partial charge in [0.2, 0.25) is 0 Å². The normalized spacial score (nSPS) is 21.6. The van der Waals surface area contributed by atoms with Crippen LogP contribution in [0, 0.1) is 12.8 Å².